The summed E-state index contributed by atoms with van der Waals surface area (Å²) >= 11 is 0. The standard InChI is InChI=1S/C13H20N2O2/c1-2-13(9-14,12(16)17)8-7-10-5-3-4-6-11(10)15/h3-6H,2,7-9,14-15H2,1H3,(H,16,17). The van der Waals surface area contributed by atoms with Crippen molar-refractivity contribution in [2.24, 2.45) is 11.1 Å². The van der Waals surface area contributed by atoms with Crippen molar-refractivity contribution in [3.05, 3.63) is 29.8 Å². The summed E-state index contributed by atoms with van der Waals surface area (Å²) < 4.78 is 0. The average molecular weight is 236 g/mol. The maximum atomic E-state index is 11.3. The first kappa shape index (κ1) is 13.5. The van der Waals surface area contributed by atoms with Crippen LogP contribution in [0.25, 0.3) is 0 Å². The molecule has 1 aromatic carbocycles. The Morgan fingerprint density at radius 1 is 1.41 bits per heavy atom. The maximum absolute atomic E-state index is 11.3. The molecule has 94 valence electrons. The molecule has 0 amide bonds. The van der Waals surface area contributed by atoms with Crippen LogP contribution in [0.4, 0.5) is 5.69 Å². The number of benzene rings is 1. The van der Waals surface area contributed by atoms with Crippen LogP contribution in [0.1, 0.15) is 25.3 Å². The summed E-state index contributed by atoms with van der Waals surface area (Å²) in [6.45, 7) is 2.01. The zero-order valence-electron chi connectivity index (χ0n) is 10.1. The Hall–Kier alpha value is -1.55. The second-order valence-electron chi connectivity index (χ2n) is 4.34. The molecule has 0 spiro atoms. The minimum Gasteiger partial charge on any atom is -0.481 e. The van der Waals surface area contributed by atoms with Crippen molar-refractivity contribution in [1.29, 1.82) is 0 Å². The van der Waals surface area contributed by atoms with Gasteiger partial charge in [0.15, 0.2) is 0 Å². The van der Waals surface area contributed by atoms with Gasteiger partial charge in [0.2, 0.25) is 0 Å². The Morgan fingerprint density at radius 2 is 2.06 bits per heavy atom. The number of carboxylic acid groups (broad SMARTS) is 1. The molecule has 17 heavy (non-hydrogen) atoms. The van der Waals surface area contributed by atoms with Crippen LogP contribution in [0, 0.1) is 5.41 Å². The van der Waals surface area contributed by atoms with Crippen molar-refractivity contribution in [3.8, 4) is 0 Å². The molecule has 4 nitrogen and oxygen atoms in total. The van der Waals surface area contributed by atoms with Crippen LogP contribution >= 0.6 is 0 Å². The molecule has 1 atom stereocenters. The van der Waals surface area contributed by atoms with Crippen LogP contribution < -0.4 is 11.5 Å². The minimum atomic E-state index is -0.831. The van der Waals surface area contributed by atoms with E-state index in [1.807, 2.05) is 31.2 Å². The van der Waals surface area contributed by atoms with E-state index in [-0.39, 0.29) is 6.54 Å². The van der Waals surface area contributed by atoms with E-state index in [0.717, 1.165) is 5.56 Å². The predicted molar refractivity (Wildman–Crippen MR) is 68.6 cm³/mol. The lowest BCUT2D eigenvalue weighted by molar-refractivity contribution is -0.149. The number of carbonyl (C=O) groups is 1. The van der Waals surface area contributed by atoms with E-state index in [4.69, 9.17) is 11.5 Å². The molecule has 1 aromatic rings. The second kappa shape index (κ2) is 5.68. The van der Waals surface area contributed by atoms with Crippen LogP contribution in [0.15, 0.2) is 24.3 Å². The first-order valence-electron chi connectivity index (χ1n) is 5.82. The number of nitrogen functional groups attached to an aromatic ring is 1. The normalized spacial score (nSPS) is 14.2. The Balaban J connectivity index is 2.78. The number of aliphatic carboxylic acids is 1. The molecule has 0 heterocycles. The SMILES string of the molecule is CCC(CN)(CCc1ccccc1N)C(=O)O. The summed E-state index contributed by atoms with van der Waals surface area (Å²) in [5.41, 5.74) is 12.3. The molecule has 5 N–H and O–H groups in total. The maximum Gasteiger partial charge on any atom is 0.310 e. The zero-order valence-corrected chi connectivity index (χ0v) is 10.1. The van der Waals surface area contributed by atoms with Gasteiger partial charge in [-0.05, 0) is 30.9 Å². The molecule has 1 unspecified atom stereocenters. The van der Waals surface area contributed by atoms with Gasteiger partial charge in [0.1, 0.15) is 0 Å². The van der Waals surface area contributed by atoms with Crippen molar-refractivity contribution < 1.29 is 9.90 Å². The summed E-state index contributed by atoms with van der Waals surface area (Å²) in [5, 5.41) is 9.26. The Labute approximate surface area is 102 Å². The molecule has 4 heteroatoms. The Morgan fingerprint density at radius 3 is 2.53 bits per heavy atom. The molecule has 0 aliphatic heterocycles. The second-order valence-corrected chi connectivity index (χ2v) is 4.34. The first-order chi connectivity index (χ1) is 8.05. The number of nitrogens with two attached hydrogens (primary N) is 2. The fraction of sp³-hybridized carbons (Fsp3) is 0.462. The summed E-state index contributed by atoms with van der Waals surface area (Å²) in [5.74, 6) is -0.822. The molecule has 0 aliphatic rings. The van der Waals surface area contributed by atoms with E-state index in [1.165, 1.54) is 0 Å². The van der Waals surface area contributed by atoms with Gasteiger partial charge in [0, 0.05) is 12.2 Å². The molecule has 0 bridgehead atoms. The molecular formula is C13H20N2O2. The van der Waals surface area contributed by atoms with Gasteiger partial charge in [-0.1, -0.05) is 25.1 Å². The summed E-state index contributed by atoms with van der Waals surface area (Å²) in [7, 11) is 0. The highest BCUT2D eigenvalue weighted by Gasteiger charge is 2.34. The molecule has 0 radical (unpaired) electrons. The van der Waals surface area contributed by atoms with E-state index in [1.54, 1.807) is 0 Å². The molecular weight excluding hydrogens is 216 g/mol. The van der Waals surface area contributed by atoms with Gasteiger partial charge in [-0.25, -0.2) is 0 Å². The Kier molecular flexibility index (Phi) is 4.52. The third-order valence-electron chi connectivity index (χ3n) is 3.45. The fourth-order valence-corrected chi connectivity index (χ4v) is 1.90. The number of aryl methyl sites for hydroxylation is 1. The van der Waals surface area contributed by atoms with E-state index < -0.39 is 11.4 Å². The van der Waals surface area contributed by atoms with Gasteiger partial charge in [0.05, 0.1) is 5.41 Å². The molecule has 0 saturated carbocycles. The lowest BCUT2D eigenvalue weighted by Crippen LogP contribution is -2.38. The van der Waals surface area contributed by atoms with Gasteiger partial charge in [-0.2, -0.15) is 0 Å². The monoisotopic (exact) mass is 236 g/mol. The number of rotatable bonds is 6. The summed E-state index contributed by atoms with van der Waals surface area (Å²) in [6.07, 6.45) is 1.69. The van der Waals surface area contributed by atoms with Gasteiger partial charge in [-0.15, -0.1) is 0 Å². The van der Waals surface area contributed by atoms with Crippen molar-refractivity contribution in [2.45, 2.75) is 26.2 Å². The van der Waals surface area contributed by atoms with Gasteiger partial charge in [0.25, 0.3) is 0 Å². The smallest absolute Gasteiger partial charge is 0.310 e. The minimum absolute atomic E-state index is 0.158. The highest BCUT2D eigenvalue weighted by molar-refractivity contribution is 5.75. The van der Waals surface area contributed by atoms with Crippen molar-refractivity contribution >= 4 is 11.7 Å². The number of para-hydroxylation sites is 1. The van der Waals surface area contributed by atoms with Crippen LogP contribution in [0.2, 0.25) is 0 Å². The molecule has 1 rings (SSSR count). The van der Waals surface area contributed by atoms with E-state index in [2.05, 4.69) is 0 Å². The first-order valence-corrected chi connectivity index (χ1v) is 5.82. The third-order valence-corrected chi connectivity index (χ3v) is 3.45. The molecule has 0 aliphatic carbocycles. The molecule has 0 aromatic heterocycles. The molecule has 0 saturated heterocycles. The van der Waals surface area contributed by atoms with Crippen molar-refractivity contribution in [1.82, 2.24) is 0 Å². The van der Waals surface area contributed by atoms with Crippen LogP contribution in [0.3, 0.4) is 0 Å². The summed E-state index contributed by atoms with van der Waals surface area (Å²) in [4.78, 5) is 11.3. The largest absolute Gasteiger partial charge is 0.481 e. The van der Waals surface area contributed by atoms with Crippen LogP contribution in [-0.4, -0.2) is 17.6 Å². The van der Waals surface area contributed by atoms with Crippen LogP contribution in [-0.2, 0) is 11.2 Å². The van der Waals surface area contributed by atoms with E-state index in [9.17, 15) is 9.90 Å². The van der Waals surface area contributed by atoms with Crippen molar-refractivity contribution in [2.75, 3.05) is 12.3 Å². The number of carboxylic acids is 1. The predicted octanol–water partition coefficient (Wildman–Crippen LogP) is 1.64. The van der Waals surface area contributed by atoms with Gasteiger partial charge >= 0.3 is 5.97 Å². The highest BCUT2D eigenvalue weighted by Crippen LogP contribution is 2.28. The fourth-order valence-electron chi connectivity index (χ4n) is 1.90. The lowest BCUT2D eigenvalue weighted by atomic mass is 9.79. The lowest BCUT2D eigenvalue weighted by Gasteiger charge is -2.26. The topological polar surface area (TPSA) is 89.3 Å². The number of anilines is 1. The van der Waals surface area contributed by atoms with E-state index >= 15 is 0 Å². The quantitative estimate of drug-likeness (QED) is 0.655. The number of hydrogen-bond acceptors (Lipinski definition) is 3. The Bertz CT molecular complexity index is 387. The van der Waals surface area contributed by atoms with Crippen LogP contribution in [0.5, 0.6) is 0 Å². The average Bonchev–Trinajstić information content (AvgIpc) is 2.32. The zero-order chi connectivity index (χ0) is 12.9. The number of hydrogen-bond donors (Lipinski definition) is 3. The molecule has 0 fully saturated rings. The third kappa shape index (κ3) is 2.97. The van der Waals surface area contributed by atoms with Gasteiger partial charge in [-0.3, -0.25) is 4.79 Å². The van der Waals surface area contributed by atoms with E-state index in [0.29, 0.717) is 24.9 Å². The van der Waals surface area contributed by atoms with Gasteiger partial charge < -0.3 is 16.6 Å². The summed E-state index contributed by atoms with van der Waals surface area (Å²) in [6, 6.07) is 7.52. The highest BCUT2D eigenvalue weighted by atomic mass is 16.4. The van der Waals surface area contributed by atoms with Crippen molar-refractivity contribution in [3.63, 3.8) is 0 Å².